The highest BCUT2D eigenvalue weighted by Gasteiger charge is 2.25. The molecule has 1 aliphatic rings. The van der Waals surface area contributed by atoms with Crippen LogP contribution in [0.5, 0.6) is 5.75 Å². The summed E-state index contributed by atoms with van der Waals surface area (Å²) in [6.45, 7) is 5.11. The average Bonchev–Trinajstić information content (AvgIpc) is 2.80. The number of nitrogens with zero attached hydrogens (tertiary/aromatic N) is 1. The van der Waals surface area contributed by atoms with Crippen molar-refractivity contribution in [2.45, 2.75) is 50.5 Å². The van der Waals surface area contributed by atoms with Crippen molar-refractivity contribution in [3.05, 3.63) is 54.1 Å². The summed E-state index contributed by atoms with van der Waals surface area (Å²) in [7, 11) is -3.49. The smallest absolute Gasteiger partial charge is 0.257 e. The van der Waals surface area contributed by atoms with Crippen molar-refractivity contribution in [2.24, 2.45) is 0 Å². The van der Waals surface area contributed by atoms with Gasteiger partial charge in [-0.15, -0.1) is 0 Å². The van der Waals surface area contributed by atoms with Crippen molar-refractivity contribution in [1.29, 1.82) is 0 Å². The summed E-state index contributed by atoms with van der Waals surface area (Å²) in [4.78, 5) is 12.8. The van der Waals surface area contributed by atoms with E-state index in [4.69, 9.17) is 17.0 Å². The number of carbonyl (C=O) groups is 1. The van der Waals surface area contributed by atoms with Gasteiger partial charge in [-0.1, -0.05) is 19.4 Å². The molecular weight excluding hydrogens is 446 g/mol. The van der Waals surface area contributed by atoms with Gasteiger partial charge in [0, 0.05) is 24.3 Å². The van der Waals surface area contributed by atoms with Gasteiger partial charge in [-0.05, 0) is 80.9 Å². The fourth-order valence-corrected chi connectivity index (χ4v) is 5.06. The Kier molecular flexibility index (Phi) is 8.22. The van der Waals surface area contributed by atoms with Gasteiger partial charge in [0.2, 0.25) is 10.0 Å². The monoisotopic (exact) mass is 475 g/mol. The third-order valence-electron chi connectivity index (χ3n) is 5.30. The third-order valence-corrected chi connectivity index (χ3v) is 7.42. The van der Waals surface area contributed by atoms with Gasteiger partial charge in [0.15, 0.2) is 5.11 Å². The molecule has 172 valence electrons. The molecule has 0 aromatic heterocycles. The van der Waals surface area contributed by atoms with E-state index >= 15 is 0 Å². The molecular formula is C23H29N3O4S2. The van der Waals surface area contributed by atoms with E-state index in [1.165, 1.54) is 4.31 Å². The zero-order chi connectivity index (χ0) is 23.1. The second-order valence-corrected chi connectivity index (χ2v) is 10.1. The van der Waals surface area contributed by atoms with Gasteiger partial charge >= 0.3 is 0 Å². The van der Waals surface area contributed by atoms with Gasteiger partial charge in [-0.3, -0.25) is 10.1 Å². The molecule has 1 amide bonds. The fourth-order valence-electron chi connectivity index (χ4n) is 3.33. The van der Waals surface area contributed by atoms with E-state index in [9.17, 15) is 13.2 Å². The second kappa shape index (κ2) is 10.9. The minimum atomic E-state index is -3.49. The van der Waals surface area contributed by atoms with Crippen LogP contribution in [0.3, 0.4) is 0 Å². The van der Waals surface area contributed by atoms with Gasteiger partial charge in [0.25, 0.3) is 5.91 Å². The van der Waals surface area contributed by atoms with E-state index in [1.807, 2.05) is 13.8 Å². The van der Waals surface area contributed by atoms with E-state index < -0.39 is 10.0 Å². The number of hydrogen-bond acceptors (Lipinski definition) is 5. The van der Waals surface area contributed by atoms with Gasteiger partial charge in [0.05, 0.1) is 11.0 Å². The maximum Gasteiger partial charge on any atom is 0.257 e. The number of hydrogen-bond donors (Lipinski definition) is 2. The predicted molar refractivity (Wildman–Crippen MR) is 130 cm³/mol. The molecule has 1 aliphatic heterocycles. The lowest BCUT2D eigenvalue weighted by Gasteiger charge is -2.25. The summed E-state index contributed by atoms with van der Waals surface area (Å²) in [6.07, 6.45) is 3.76. The van der Waals surface area contributed by atoms with Gasteiger partial charge in [-0.2, -0.15) is 4.31 Å². The Morgan fingerprint density at radius 1 is 1.12 bits per heavy atom. The molecule has 1 unspecified atom stereocenters. The second-order valence-electron chi connectivity index (χ2n) is 7.76. The fraction of sp³-hybridized carbons (Fsp3) is 0.391. The van der Waals surface area contributed by atoms with E-state index in [0.29, 0.717) is 30.1 Å². The molecule has 0 bridgehead atoms. The summed E-state index contributed by atoms with van der Waals surface area (Å²) in [5.41, 5.74) is 1.01. The number of ether oxygens (including phenoxy) is 1. The normalized spacial score (nSPS) is 15.6. The van der Waals surface area contributed by atoms with Crippen LogP contribution in [0.1, 0.15) is 49.9 Å². The molecule has 0 spiro atoms. The van der Waals surface area contributed by atoms with Gasteiger partial charge in [0.1, 0.15) is 5.75 Å². The van der Waals surface area contributed by atoms with Crippen molar-refractivity contribution < 1.29 is 17.9 Å². The molecule has 2 aromatic rings. The highest BCUT2D eigenvalue weighted by Crippen LogP contribution is 2.22. The zero-order valence-corrected chi connectivity index (χ0v) is 20.0. The lowest BCUT2D eigenvalue weighted by Crippen LogP contribution is -2.35. The Morgan fingerprint density at radius 3 is 2.47 bits per heavy atom. The van der Waals surface area contributed by atoms with Crippen LogP contribution in [0, 0.1) is 0 Å². The first-order valence-corrected chi connectivity index (χ1v) is 12.6. The van der Waals surface area contributed by atoms with Crippen LogP contribution in [0.15, 0.2) is 53.4 Å². The van der Waals surface area contributed by atoms with Crippen LogP contribution in [0.2, 0.25) is 0 Å². The molecule has 9 heteroatoms. The molecule has 1 heterocycles. The van der Waals surface area contributed by atoms with Crippen LogP contribution in [0.4, 0.5) is 5.69 Å². The van der Waals surface area contributed by atoms with Gasteiger partial charge in [-0.25, -0.2) is 8.42 Å². The molecule has 2 N–H and O–H groups in total. The Hall–Kier alpha value is -2.49. The summed E-state index contributed by atoms with van der Waals surface area (Å²) in [6, 6.07) is 13.3. The van der Waals surface area contributed by atoms with E-state index in [-0.39, 0.29) is 22.0 Å². The maximum atomic E-state index is 12.7. The summed E-state index contributed by atoms with van der Waals surface area (Å²) in [5, 5.41) is 5.67. The first kappa shape index (κ1) is 24.2. The van der Waals surface area contributed by atoms with Crippen molar-refractivity contribution in [3.63, 3.8) is 0 Å². The number of sulfonamides is 1. The number of carbonyl (C=O) groups excluding carboxylic acids is 1. The van der Waals surface area contributed by atoms with Crippen LogP contribution >= 0.6 is 12.2 Å². The van der Waals surface area contributed by atoms with E-state index in [0.717, 1.165) is 25.7 Å². The summed E-state index contributed by atoms with van der Waals surface area (Å²) < 4.78 is 32.8. The zero-order valence-electron chi connectivity index (χ0n) is 18.3. The van der Waals surface area contributed by atoms with E-state index in [1.54, 1.807) is 48.5 Å². The quantitative estimate of drug-likeness (QED) is 0.585. The molecule has 2 aromatic carbocycles. The van der Waals surface area contributed by atoms with E-state index in [2.05, 4.69) is 10.6 Å². The minimum absolute atomic E-state index is 0.0535. The molecule has 0 saturated carbocycles. The number of benzene rings is 2. The Bertz CT molecular complexity index is 1050. The lowest BCUT2D eigenvalue weighted by atomic mass is 10.2. The standard InChI is InChI=1S/C23H29N3O4S2/c1-3-17(2)30-20-9-7-8-18(16-20)22(27)25-23(31)24-19-10-12-21(13-11-19)32(28,29)26-14-5-4-6-15-26/h7-13,16-17H,3-6,14-15H2,1-2H3,(H2,24,25,27,31). The molecule has 7 nitrogen and oxygen atoms in total. The SMILES string of the molecule is CCC(C)Oc1cccc(C(=O)NC(=S)Nc2ccc(S(=O)(=O)N3CCCCC3)cc2)c1. The highest BCUT2D eigenvalue weighted by molar-refractivity contribution is 7.89. The summed E-state index contributed by atoms with van der Waals surface area (Å²) >= 11 is 5.24. The Balaban J connectivity index is 1.59. The molecule has 0 radical (unpaired) electrons. The first-order chi connectivity index (χ1) is 15.3. The predicted octanol–water partition coefficient (Wildman–Crippen LogP) is 4.17. The number of rotatable bonds is 7. The van der Waals surface area contributed by atoms with Crippen molar-refractivity contribution >= 4 is 38.9 Å². The number of piperidine rings is 1. The average molecular weight is 476 g/mol. The molecule has 1 fully saturated rings. The van der Waals surface area contributed by atoms with Crippen molar-refractivity contribution in [3.8, 4) is 5.75 Å². The Labute approximate surface area is 195 Å². The molecule has 32 heavy (non-hydrogen) atoms. The first-order valence-electron chi connectivity index (χ1n) is 10.8. The summed E-state index contributed by atoms with van der Waals surface area (Å²) in [5.74, 6) is 0.262. The molecule has 1 atom stereocenters. The van der Waals surface area contributed by atoms with Crippen LogP contribution in [-0.4, -0.2) is 42.9 Å². The largest absolute Gasteiger partial charge is 0.491 e. The molecule has 1 saturated heterocycles. The number of anilines is 1. The van der Waals surface area contributed by atoms with Crippen molar-refractivity contribution in [2.75, 3.05) is 18.4 Å². The van der Waals surface area contributed by atoms with Gasteiger partial charge < -0.3 is 10.1 Å². The lowest BCUT2D eigenvalue weighted by molar-refractivity contribution is 0.0977. The number of nitrogens with one attached hydrogen (secondary N) is 2. The minimum Gasteiger partial charge on any atom is -0.491 e. The molecule has 3 rings (SSSR count). The molecule has 0 aliphatic carbocycles. The maximum absolute atomic E-state index is 12.7. The van der Waals surface area contributed by atoms with Crippen LogP contribution in [0.25, 0.3) is 0 Å². The number of amides is 1. The highest BCUT2D eigenvalue weighted by atomic mass is 32.2. The third kappa shape index (κ3) is 6.27. The number of thiocarbonyl (C=S) groups is 1. The topological polar surface area (TPSA) is 87.7 Å². The Morgan fingerprint density at radius 2 is 1.81 bits per heavy atom. The van der Waals surface area contributed by atoms with Crippen LogP contribution < -0.4 is 15.4 Å². The van der Waals surface area contributed by atoms with Crippen molar-refractivity contribution in [1.82, 2.24) is 9.62 Å². The van der Waals surface area contributed by atoms with Crippen LogP contribution in [-0.2, 0) is 10.0 Å².